The van der Waals surface area contributed by atoms with Gasteiger partial charge in [-0.1, -0.05) is 0 Å². The summed E-state index contributed by atoms with van der Waals surface area (Å²) in [6.45, 7) is -6.76. The molecule has 2 unspecified atom stereocenters. The summed E-state index contributed by atoms with van der Waals surface area (Å²) in [4.78, 5) is 0. The fourth-order valence-corrected chi connectivity index (χ4v) is 4.30. The number of alkyl halides is 36. The van der Waals surface area contributed by atoms with Crippen LogP contribution in [0.2, 0.25) is 0 Å². The van der Waals surface area contributed by atoms with E-state index in [1.54, 1.807) is 0 Å². The van der Waals surface area contributed by atoms with Crippen molar-refractivity contribution in [2.24, 2.45) is 5.41 Å². The van der Waals surface area contributed by atoms with Crippen LogP contribution in [0.15, 0.2) is 0 Å². The molecule has 0 radical (unpaired) electrons. The molecule has 2 atom stereocenters. The number of hydrogen-bond acceptors (Lipinski definition) is 3. The highest BCUT2D eigenvalue weighted by molar-refractivity contribution is 5.16. The standard InChI is InChI=1S/C25H14F36O3/c26-7(1-10(28,29)12(32,33)14(36,37)16(40,41)18(44,45)20(48,49)22(52,53)24(56,57)58)63-5-9(3-62-4-9)6-64-8(27)2-11(30,31)13(34,35)15(38,39)17(42,43)19(46,47)21(50,51)23(54,55)25(59,60)61/h7-8H,1-6H2. The van der Waals surface area contributed by atoms with E-state index in [0.29, 0.717) is 0 Å². The zero-order chi connectivity index (χ0) is 52.0. The van der Waals surface area contributed by atoms with Crippen LogP contribution < -0.4 is 0 Å². The summed E-state index contributed by atoms with van der Waals surface area (Å²) in [7, 11) is 0. The van der Waals surface area contributed by atoms with Gasteiger partial charge in [-0.3, -0.25) is 0 Å². The van der Waals surface area contributed by atoms with Crippen LogP contribution >= 0.6 is 0 Å². The second kappa shape index (κ2) is 16.3. The van der Waals surface area contributed by atoms with Gasteiger partial charge in [0.1, 0.15) is 0 Å². The maximum Gasteiger partial charge on any atom is 0.460 e. The van der Waals surface area contributed by atoms with Crippen LogP contribution in [0, 0.1) is 5.41 Å². The minimum atomic E-state index is -9.09. The molecule has 0 N–H and O–H groups in total. The van der Waals surface area contributed by atoms with E-state index in [4.69, 9.17) is 0 Å². The van der Waals surface area contributed by atoms with E-state index in [0.717, 1.165) is 0 Å². The third kappa shape index (κ3) is 8.60. The van der Waals surface area contributed by atoms with Gasteiger partial charge in [0.2, 0.25) is 12.7 Å². The molecule has 3 nitrogen and oxygen atoms in total. The first kappa shape index (κ1) is 59.4. The molecule has 1 saturated heterocycles. The zero-order valence-corrected chi connectivity index (χ0v) is 28.7. The fourth-order valence-electron chi connectivity index (χ4n) is 4.30. The van der Waals surface area contributed by atoms with Crippen LogP contribution in [0.1, 0.15) is 12.8 Å². The molecule has 1 aliphatic rings. The van der Waals surface area contributed by atoms with Gasteiger partial charge in [-0.15, -0.1) is 0 Å². The fraction of sp³-hybridized carbons (Fsp3) is 1.00. The quantitative estimate of drug-likeness (QED) is 0.101. The number of rotatable bonds is 22. The van der Waals surface area contributed by atoms with Crippen molar-refractivity contribution in [3.05, 3.63) is 0 Å². The minimum absolute atomic E-state index is 1.34. The molecule has 1 fully saturated rings. The van der Waals surface area contributed by atoms with Crippen molar-refractivity contribution in [1.82, 2.24) is 0 Å². The summed E-state index contributed by atoms with van der Waals surface area (Å²) >= 11 is 0. The van der Waals surface area contributed by atoms with Crippen molar-refractivity contribution in [2.75, 3.05) is 26.4 Å². The maximum absolute atomic E-state index is 14.1. The maximum atomic E-state index is 14.1. The lowest BCUT2D eigenvalue weighted by Gasteiger charge is -2.43. The Hall–Kier alpha value is -2.64. The third-order valence-corrected chi connectivity index (χ3v) is 8.37. The molecular weight excluding hydrogens is 1030 g/mol. The van der Waals surface area contributed by atoms with Gasteiger partial charge in [0.05, 0.1) is 44.7 Å². The summed E-state index contributed by atoms with van der Waals surface area (Å²) in [5.74, 6) is -121. The molecule has 0 saturated carbocycles. The van der Waals surface area contributed by atoms with Crippen molar-refractivity contribution in [2.45, 2.75) is 121 Å². The molecule has 1 heterocycles. The van der Waals surface area contributed by atoms with Gasteiger partial charge in [-0.05, 0) is 0 Å². The van der Waals surface area contributed by atoms with Gasteiger partial charge in [0, 0.05) is 0 Å². The first-order valence-corrected chi connectivity index (χ1v) is 14.9. The van der Waals surface area contributed by atoms with E-state index < -0.39 is 153 Å². The molecular formula is C25H14F36O3. The van der Waals surface area contributed by atoms with Crippen molar-refractivity contribution in [3.63, 3.8) is 0 Å². The van der Waals surface area contributed by atoms with Crippen molar-refractivity contribution < 1.29 is 172 Å². The van der Waals surface area contributed by atoms with E-state index in [1.165, 1.54) is 0 Å². The molecule has 0 spiro atoms. The molecule has 384 valence electrons. The molecule has 1 aliphatic heterocycles. The van der Waals surface area contributed by atoms with Gasteiger partial charge in [0.15, 0.2) is 0 Å². The zero-order valence-electron chi connectivity index (χ0n) is 28.7. The van der Waals surface area contributed by atoms with Crippen molar-refractivity contribution in [3.8, 4) is 0 Å². The highest BCUT2D eigenvalue weighted by atomic mass is 19.4. The summed E-state index contributed by atoms with van der Waals surface area (Å²) in [6, 6.07) is 0. The van der Waals surface area contributed by atoms with Crippen LogP contribution in [-0.2, 0) is 14.2 Å². The molecule has 0 aliphatic carbocycles. The summed E-state index contributed by atoms with van der Waals surface area (Å²) < 4.78 is 495. The number of hydrogen-bond donors (Lipinski definition) is 0. The Bertz CT molecular complexity index is 1490. The second-order valence-electron chi connectivity index (χ2n) is 13.1. The molecule has 39 heteroatoms. The Labute approximate surface area is 326 Å². The molecule has 0 amide bonds. The van der Waals surface area contributed by atoms with Gasteiger partial charge < -0.3 is 14.2 Å². The van der Waals surface area contributed by atoms with Gasteiger partial charge in [0.25, 0.3) is 0 Å². The lowest BCUT2D eigenvalue weighted by atomic mass is 9.87. The smallest absolute Gasteiger partial charge is 0.380 e. The lowest BCUT2D eigenvalue weighted by molar-refractivity contribution is -0.462. The number of ether oxygens (including phenoxy) is 3. The van der Waals surface area contributed by atoms with Gasteiger partial charge in [-0.2, -0.15) is 149 Å². The average molecular weight is 1050 g/mol. The Kier molecular flexibility index (Phi) is 15.1. The van der Waals surface area contributed by atoms with Gasteiger partial charge in [-0.25, -0.2) is 8.78 Å². The van der Waals surface area contributed by atoms with E-state index in [2.05, 4.69) is 14.2 Å². The van der Waals surface area contributed by atoms with Crippen LogP contribution in [-0.4, -0.2) is 134 Å². The van der Waals surface area contributed by atoms with E-state index in [-0.39, 0.29) is 0 Å². The molecule has 1 rings (SSSR count). The average Bonchev–Trinajstić information content (AvgIpc) is 3.04. The predicted octanol–water partition coefficient (Wildman–Crippen LogP) is 12.4. The second-order valence-corrected chi connectivity index (χ2v) is 13.1. The van der Waals surface area contributed by atoms with Crippen LogP contribution in [0.3, 0.4) is 0 Å². The van der Waals surface area contributed by atoms with Crippen molar-refractivity contribution >= 4 is 0 Å². The lowest BCUT2D eigenvalue weighted by Crippen LogP contribution is -2.74. The summed E-state index contributed by atoms with van der Waals surface area (Å²) in [6.07, 6.45) is -33.0. The van der Waals surface area contributed by atoms with Crippen LogP contribution in [0.5, 0.6) is 0 Å². The summed E-state index contributed by atoms with van der Waals surface area (Å²) in [5.41, 5.74) is -2.67. The SMILES string of the molecule is FC(CC(F)(F)C(F)(F)C(F)(F)C(F)(F)C(F)(F)C(F)(F)C(F)(F)C(F)(F)F)OCC1(COC(F)CC(F)(F)C(F)(F)C(F)(F)C(F)(F)C(F)(F)C(F)(F)C(F)(F)C(F)(F)F)COC1. The molecule has 64 heavy (non-hydrogen) atoms. The van der Waals surface area contributed by atoms with E-state index in [9.17, 15) is 158 Å². The Balaban J connectivity index is 3.26. The Morgan fingerprint density at radius 1 is 0.312 bits per heavy atom. The third-order valence-electron chi connectivity index (χ3n) is 8.37. The number of halogens is 36. The molecule has 0 aromatic heterocycles. The monoisotopic (exact) mass is 1050 g/mol. The highest BCUT2D eigenvalue weighted by Gasteiger charge is 2.97. The van der Waals surface area contributed by atoms with Crippen LogP contribution in [0.25, 0.3) is 0 Å². The topological polar surface area (TPSA) is 27.7 Å². The first-order chi connectivity index (χ1) is 27.4. The normalized spacial score (nSPS) is 19.1. The van der Waals surface area contributed by atoms with Gasteiger partial charge >= 0.3 is 95.3 Å². The van der Waals surface area contributed by atoms with Crippen LogP contribution in [0.4, 0.5) is 158 Å². The Morgan fingerprint density at radius 3 is 0.672 bits per heavy atom. The predicted molar refractivity (Wildman–Crippen MR) is 126 cm³/mol. The highest BCUT2D eigenvalue weighted by Crippen LogP contribution is 2.66. The van der Waals surface area contributed by atoms with E-state index in [1.807, 2.05) is 0 Å². The summed E-state index contributed by atoms with van der Waals surface area (Å²) in [5, 5.41) is 0. The van der Waals surface area contributed by atoms with E-state index >= 15 is 0 Å². The Morgan fingerprint density at radius 2 is 0.500 bits per heavy atom. The molecule has 0 bridgehead atoms. The minimum Gasteiger partial charge on any atom is -0.380 e. The molecule has 0 aromatic rings. The molecule has 0 aromatic carbocycles. The van der Waals surface area contributed by atoms with Crippen molar-refractivity contribution in [1.29, 1.82) is 0 Å². The largest absolute Gasteiger partial charge is 0.460 e. The first-order valence-electron chi connectivity index (χ1n) is 14.9.